The molecule has 0 aliphatic heterocycles. The van der Waals surface area contributed by atoms with E-state index in [9.17, 15) is 30.1 Å². The molecule has 3 aromatic rings. The summed E-state index contributed by atoms with van der Waals surface area (Å²) in [5, 5.41) is 31.0. The lowest BCUT2D eigenvalue weighted by molar-refractivity contribution is -0.387. The summed E-state index contributed by atoms with van der Waals surface area (Å²) in [5.41, 5.74) is -0.783. The second kappa shape index (κ2) is 8.65. The Balaban J connectivity index is 1.78. The molecule has 30 heavy (non-hydrogen) atoms. The van der Waals surface area contributed by atoms with Crippen molar-refractivity contribution in [2.45, 2.75) is 6.61 Å². The van der Waals surface area contributed by atoms with Gasteiger partial charge in [0.05, 0.1) is 9.85 Å². The van der Waals surface area contributed by atoms with Crippen molar-refractivity contribution in [3.8, 4) is 11.6 Å². The maximum Gasteiger partial charge on any atom is 0.395 e. The Morgan fingerprint density at radius 1 is 1.03 bits per heavy atom. The van der Waals surface area contributed by atoms with Crippen molar-refractivity contribution in [3.63, 3.8) is 0 Å². The van der Waals surface area contributed by atoms with Gasteiger partial charge in [0, 0.05) is 17.7 Å². The molecule has 1 aromatic heterocycles. The fourth-order valence-corrected chi connectivity index (χ4v) is 2.51. The summed E-state index contributed by atoms with van der Waals surface area (Å²) in [7, 11) is 0. The second-order valence-electron chi connectivity index (χ2n) is 5.96. The van der Waals surface area contributed by atoms with Crippen molar-refractivity contribution in [2.75, 3.05) is 0 Å². The van der Waals surface area contributed by atoms with E-state index < -0.39 is 27.0 Å². The highest BCUT2D eigenvalue weighted by molar-refractivity contribution is 5.70. The normalized spacial score (nSPS) is 10.8. The van der Waals surface area contributed by atoms with Crippen LogP contribution in [0, 0.1) is 20.2 Å². The molecule has 3 rings (SSSR count). The number of ether oxygens (including phenoxy) is 1. The molecule has 11 nitrogen and oxygen atoms in total. The van der Waals surface area contributed by atoms with Gasteiger partial charge in [-0.05, 0) is 35.9 Å². The van der Waals surface area contributed by atoms with Crippen LogP contribution in [0.1, 0.15) is 17.0 Å². The second-order valence-corrected chi connectivity index (χ2v) is 5.96. The Bertz CT molecular complexity index is 1190. The molecule has 0 bridgehead atoms. The Morgan fingerprint density at radius 2 is 1.73 bits per heavy atom. The molecule has 0 aliphatic rings. The van der Waals surface area contributed by atoms with E-state index in [1.54, 1.807) is 42.5 Å². The van der Waals surface area contributed by atoms with Crippen LogP contribution in [-0.2, 0) is 6.61 Å². The fraction of sp³-hybridized carbons (Fsp3) is 0.0526. The van der Waals surface area contributed by atoms with Crippen LogP contribution in [0.15, 0.2) is 53.3 Å². The number of aromatic hydroxyl groups is 1. The predicted octanol–water partition coefficient (Wildman–Crippen LogP) is 3.04. The molecule has 11 heteroatoms. The zero-order chi connectivity index (χ0) is 21.7. The number of para-hydroxylation sites is 1. The summed E-state index contributed by atoms with van der Waals surface area (Å²) in [6.45, 7) is 0.163. The summed E-state index contributed by atoms with van der Waals surface area (Å²) in [5.74, 6) is -0.569. The average Bonchev–Trinajstić information content (AvgIpc) is 2.71. The van der Waals surface area contributed by atoms with Crippen LogP contribution in [0.3, 0.4) is 0 Å². The monoisotopic (exact) mass is 410 g/mol. The molecular weight excluding hydrogens is 396 g/mol. The number of hydrogen-bond donors (Lipinski definition) is 2. The van der Waals surface area contributed by atoms with E-state index in [2.05, 4.69) is 9.97 Å². The molecule has 1 heterocycles. The first kappa shape index (κ1) is 20.2. The number of non-ortho nitro benzene ring substituents is 1. The molecule has 0 radical (unpaired) electrons. The summed E-state index contributed by atoms with van der Waals surface area (Å²) in [4.78, 5) is 37.4. The number of aromatic amines is 1. The van der Waals surface area contributed by atoms with Crippen molar-refractivity contribution >= 4 is 23.5 Å². The largest absolute Gasteiger partial charge is 0.488 e. The lowest BCUT2D eigenvalue weighted by Gasteiger charge is -2.09. The first-order valence-corrected chi connectivity index (χ1v) is 8.46. The smallest absolute Gasteiger partial charge is 0.395 e. The third kappa shape index (κ3) is 4.65. The standard InChI is InChI=1S/C19H14N4O7/c24-18-17(23(28)29)19(25)21-16(20-18)10-7-13-3-1-2-4-15(13)30-11-12-5-8-14(9-6-12)22(26)27/h1-10H,11H2,(H2,20,21,24,25)/b10-7+. The Kier molecular flexibility index (Phi) is 5.82. The molecule has 0 amide bonds. The Morgan fingerprint density at radius 3 is 2.37 bits per heavy atom. The number of H-pyrrole nitrogens is 1. The van der Waals surface area contributed by atoms with Crippen molar-refractivity contribution < 1.29 is 19.7 Å². The van der Waals surface area contributed by atoms with Gasteiger partial charge in [0.1, 0.15) is 18.2 Å². The molecule has 0 saturated carbocycles. The number of rotatable bonds is 7. The lowest BCUT2D eigenvalue weighted by Crippen LogP contribution is -2.14. The van der Waals surface area contributed by atoms with E-state index >= 15 is 0 Å². The summed E-state index contributed by atoms with van der Waals surface area (Å²) >= 11 is 0. The van der Waals surface area contributed by atoms with Crippen molar-refractivity contribution in [1.29, 1.82) is 0 Å². The van der Waals surface area contributed by atoms with Gasteiger partial charge < -0.3 is 14.8 Å². The number of nitrogens with one attached hydrogen (secondary N) is 1. The number of benzene rings is 2. The topological polar surface area (TPSA) is 161 Å². The molecule has 0 unspecified atom stereocenters. The van der Waals surface area contributed by atoms with Crippen LogP contribution < -0.4 is 10.3 Å². The minimum Gasteiger partial charge on any atom is -0.488 e. The van der Waals surface area contributed by atoms with E-state index in [4.69, 9.17) is 4.74 Å². The van der Waals surface area contributed by atoms with Crippen molar-refractivity contribution in [2.24, 2.45) is 0 Å². The van der Waals surface area contributed by atoms with Gasteiger partial charge in [-0.25, -0.2) is 0 Å². The minimum atomic E-state index is -1.07. The van der Waals surface area contributed by atoms with Crippen LogP contribution in [0.4, 0.5) is 11.4 Å². The van der Waals surface area contributed by atoms with E-state index in [1.807, 2.05) is 0 Å². The third-order valence-corrected chi connectivity index (χ3v) is 3.96. The molecule has 0 fully saturated rings. The highest BCUT2D eigenvalue weighted by Crippen LogP contribution is 2.23. The van der Waals surface area contributed by atoms with E-state index in [0.717, 1.165) is 5.56 Å². The van der Waals surface area contributed by atoms with E-state index in [-0.39, 0.29) is 18.1 Å². The van der Waals surface area contributed by atoms with E-state index in [0.29, 0.717) is 11.3 Å². The van der Waals surface area contributed by atoms with Crippen LogP contribution in [0.2, 0.25) is 0 Å². The third-order valence-electron chi connectivity index (χ3n) is 3.96. The van der Waals surface area contributed by atoms with Gasteiger partial charge in [0.25, 0.3) is 11.6 Å². The van der Waals surface area contributed by atoms with E-state index in [1.165, 1.54) is 18.2 Å². The number of nitro benzene ring substituents is 1. The van der Waals surface area contributed by atoms with Gasteiger partial charge in [-0.1, -0.05) is 18.2 Å². The first-order valence-electron chi connectivity index (χ1n) is 8.46. The van der Waals surface area contributed by atoms with Crippen LogP contribution >= 0.6 is 0 Å². The van der Waals surface area contributed by atoms with Gasteiger partial charge in [-0.15, -0.1) is 0 Å². The molecular formula is C19H14N4O7. The van der Waals surface area contributed by atoms with Crippen molar-refractivity contribution in [3.05, 3.63) is 96.1 Å². The van der Waals surface area contributed by atoms with Gasteiger partial charge in [0.2, 0.25) is 0 Å². The Hall–Kier alpha value is -4.54. The van der Waals surface area contributed by atoms with Crippen LogP contribution in [-0.4, -0.2) is 24.9 Å². The predicted molar refractivity (Wildman–Crippen MR) is 106 cm³/mol. The lowest BCUT2D eigenvalue weighted by atomic mass is 10.1. The van der Waals surface area contributed by atoms with Gasteiger partial charge >= 0.3 is 11.2 Å². The highest BCUT2D eigenvalue weighted by Gasteiger charge is 2.21. The summed E-state index contributed by atoms with van der Waals surface area (Å²) in [6.07, 6.45) is 2.91. The summed E-state index contributed by atoms with van der Waals surface area (Å²) in [6, 6.07) is 12.9. The maximum atomic E-state index is 11.7. The SMILES string of the molecule is O=c1[nH]c(/C=C/c2ccccc2OCc2ccc([N+](=O)[O-])cc2)nc(O)c1[N+](=O)[O-]. The van der Waals surface area contributed by atoms with Crippen LogP contribution in [0.25, 0.3) is 12.2 Å². The average molecular weight is 410 g/mol. The zero-order valence-corrected chi connectivity index (χ0v) is 15.2. The number of nitro groups is 2. The van der Waals surface area contributed by atoms with Crippen molar-refractivity contribution in [1.82, 2.24) is 9.97 Å². The fourth-order valence-electron chi connectivity index (χ4n) is 2.51. The summed E-state index contributed by atoms with van der Waals surface area (Å²) < 4.78 is 5.76. The molecule has 0 aliphatic carbocycles. The zero-order valence-electron chi connectivity index (χ0n) is 15.2. The van der Waals surface area contributed by atoms with Gasteiger partial charge in [0.15, 0.2) is 0 Å². The quantitative estimate of drug-likeness (QED) is 0.443. The van der Waals surface area contributed by atoms with Gasteiger partial charge in [-0.3, -0.25) is 25.0 Å². The highest BCUT2D eigenvalue weighted by atomic mass is 16.6. The molecule has 152 valence electrons. The molecule has 2 aromatic carbocycles. The Labute approximate surface area is 168 Å². The molecule has 2 N–H and O–H groups in total. The van der Waals surface area contributed by atoms with Crippen LogP contribution in [0.5, 0.6) is 11.6 Å². The van der Waals surface area contributed by atoms with Gasteiger partial charge in [-0.2, -0.15) is 4.98 Å². The maximum absolute atomic E-state index is 11.7. The minimum absolute atomic E-state index is 0.0186. The number of nitrogens with zero attached hydrogens (tertiary/aromatic N) is 3. The molecule has 0 spiro atoms. The number of hydrogen-bond acceptors (Lipinski definition) is 8. The molecule has 0 atom stereocenters. The number of aromatic nitrogens is 2. The molecule has 0 saturated heterocycles. The first-order chi connectivity index (χ1) is 14.3.